The first-order valence-electron chi connectivity index (χ1n) is 17.8. The van der Waals surface area contributed by atoms with Gasteiger partial charge < -0.3 is 4.42 Å². The zero-order chi connectivity index (χ0) is 35.1. The fraction of sp³-hybridized carbons (Fsp3) is 0. The number of hydrogen-bond acceptors (Lipinski definition) is 4. The van der Waals surface area contributed by atoms with Crippen molar-refractivity contribution in [3.63, 3.8) is 0 Å². The first-order chi connectivity index (χ1) is 26.2. The van der Waals surface area contributed by atoms with Crippen molar-refractivity contribution in [2.45, 2.75) is 0 Å². The highest BCUT2D eigenvalue weighted by molar-refractivity contribution is 6.12. The van der Waals surface area contributed by atoms with Gasteiger partial charge in [-0.3, -0.25) is 0 Å². The normalized spacial score (nSPS) is 11.4. The summed E-state index contributed by atoms with van der Waals surface area (Å²) in [6.45, 7) is 0. The van der Waals surface area contributed by atoms with Crippen LogP contribution in [0.3, 0.4) is 0 Å². The summed E-state index contributed by atoms with van der Waals surface area (Å²) in [6, 6.07) is 65.3. The van der Waals surface area contributed by atoms with E-state index in [1.54, 1.807) is 0 Å². The van der Waals surface area contributed by atoms with Gasteiger partial charge in [0, 0.05) is 27.5 Å². The Morgan fingerprint density at radius 3 is 1.43 bits per heavy atom. The van der Waals surface area contributed by atoms with Crippen LogP contribution in [0.25, 0.3) is 100 Å². The molecule has 248 valence electrons. The largest absolute Gasteiger partial charge is 0.456 e. The molecular weight excluding hydrogens is 647 g/mol. The van der Waals surface area contributed by atoms with Crippen LogP contribution in [0, 0.1) is 0 Å². The van der Waals surface area contributed by atoms with E-state index in [0.29, 0.717) is 17.5 Å². The zero-order valence-electron chi connectivity index (χ0n) is 28.6. The second-order valence-electron chi connectivity index (χ2n) is 13.2. The molecule has 2 heterocycles. The average Bonchev–Trinajstić information content (AvgIpc) is 3.63. The Morgan fingerprint density at radius 1 is 0.302 bits per heavy atom. The third-order valence-electron chi connectivity index (χ3n) is 9.97. The quantitative estimate of drug-likeness (QED) is 0.176. The summed E-state index contributed by atoms with van der Waals surface area (Å²) in [5, 5.41) is 4.68. The molecule has 10 rings (SSSR count). The van der Waals surface area contributed by atoms with Gasteiger partial charge in [0.2, 0.25) is 0 Å². The first-order valence-corrected chi connectivity index (χ1v) is 17.8. The molecule has 0 radical (unpaired) electrons. The molecule has 0 atom stereocenters. The zero-order valence-corrected chi connectivity index (χ0v) is 28.6. The van der Waals surface area contributed by atoms with Crippen molar-refractivity contribution in [1.29, 1.82) is 0 Å². The molecule has 4 nitrogen and oxygen atoms in total. The number of furan rings is 1. The molecule has 0 aliphatic carbocycles. The van der Waals surface area contributed by atoms with Gasteiger partial charge in [0.05, 0.1) is 0 Å². The maximum atomic E-state index is 6.17. The van der Waals surface area contributed by atoms with E-state index in [4.69, 9.17) is 19.4 Å². The number of nitrogens with zero attached hydrogens (tertiary/aromatic N) is 3. The second-order valence-corrected chi connectivity index (χ2v) is 13.2. The third-order valence-corrected chi connectivity index (χ3v) is 9.97. The Labute approximate surface area is 306 Å². The molecule has 4 heteroatoms. The standard InChI is InChI=1S/C49H31N3O/c1-2-9-32(10-3-1)34-17-24-37(25-18-34)47-50-48(38-26-19-35(20-27-38)41-30-21-33-11-4-5-12-40(33)31-41)52-49(51-47)39-28-22-36(23-29-39)42-14-8-16-45-46(42)43-13-6-7-15-44(43)53-45/h1-31H. The van der Waals surface area contributed by atoms with E-state index >= 15 is 0 Å². The summed E-state index contributed by atoms with van der Waals surface area (Å²) < 4.78 is 6.17. The molecule has 0 N–H and O–H groups in total. The first kappa shape index (κ1) is 30.6. The van der Waals surface area contributed by atoms with Gasteiger partial charge in [-0.15, -0.1) is 0 Å². The van der Waals surface area contributed by atoms with E-state index in [1.165, 1.54) is 21.9 Å². The van der Waals surface area contributed by atoms with Crippen LogP contribution in [-0.2, 0) is 0 Å². The minimum absolute atomic E-state index is 0.620. The van der Waals surface area contributed by atoms with Crippen LogP contribution in [-0.4, -0.2) is 15.0 Å². The number of aromatic nitrogens is 3. The lowest BCUT2D eigenvalue weighted by Gasteiger charge is -2.11. The summed E-state index contributed by atoms with van der Waals surface area (Å²) in [4.78, 5) is 15.1. The molecule has 8 aromatic carbocycles. The van der Waals surface area contributed by atoms with Gasteiger partial charge >= 0.3 is 0 Å². The Kier molecular flexibility index (Phi) is 7.43. The van der Waals surface area contributed by atoms with E-state index < -0.39 is 0 Å². The van der Waals surface area contributed by atoms with E-state index in [9.17, 15) is 0 Å². The van der Waals surface area contributed by atoms with Crippen molar-refractivity contribution in [2.24, 2.45) is 0 Å². The number of fused-ring (bicyclic) bond motifs is 4. The van der Waals surface area contributed by atoms with Gasteiger partial charge in [-0.1, -0.05) is 170 Å². The van der Waals surface area contributed by atoms with Gasteiger partial charge in [-0.25, -0.2) is 15.0 Å². The summed E-state index contributed by atoms with van der Waals surface area (Å²) in [5.74, 6) is 1.87. The highest BCUT2D eigenvalue weighted by Crippen LogP contribution is 2.37. The lowest BCUT2D eigenvalue weighted by molar-refractivity contribution is 0.669. The van der Waals surface area contributed by atoms with Gasteiger partial charge in [-0.2, -0.15) is 0 Å². The monoisotopic (exact) mass is 677 g/mol. The topological polar surface area (TPSA) is 51.8 Å². The summed E-state index contributed by atoms with van der Waals surface area (Å²) in [6.07, 6.45) is 0. The van der Waals surface area contributed by atoms with Crippen LogP contribution in [0.4, 0.5) is 0 Å². The highest BCUT2D eigenvalue weighted by atomic mass is 16.3. The molecule has 0 aliphatic heterocycles. The van der Waals surface area contributed by atoms with E-state index in [1.807, 2.05) is 30.3 Å². The van der Waals surface area contributed by atoms with E-state index in [0.717, 1.165) is 60.9 Å². The minimum Gasteiger partial charge on any atom is -0.456 e. The Bertz CT molecular complexity index is 2910. The lowest BCUT2D eigenvalue weighted by Crippen LogP contribution is -2.00. The molecule has 0 unspecified atom stereocenters. The van der Waals surface area contributed by atoms with Gasteiger partial charge in [0.15, 0.2) is 17.5 Å². The Morgan fingerprint density at radius 2 is 0.774 bits per heavy atom. The van der Waals surface area contributed by atoms with Crippen molar-refractivity contribution >= 4 is 32.7 Å². The van der Waals surface area contributed by atoms with Crippen molar-refractivity contribution in [1.82, 2.24) is 15.0 Å². The Hall–Kier alpha value is -7.17. The summed E-state index contributed by atoms with van der Waals surface area (Å²) in [5.41, 5.74) is 11.4. The number of para-hydroxylation sites is 1. The average molecular weight is 678 g/mol. The van der Waals surface area contributed by atoms with E-state index in [-0.39, 0.29) is 0 Å². The van der Waals surface area contributed by atoms with E-state index in [2.05, 4.69) is 158 Å². The molecule has 10 aromatic rings. The predicted molar refractivity (Wildman–Crippen MR) is 217 cm³/mol. The SMILES string of the molecule is c1ccc(-c2ccc(-c3nc(-c4ccc(-c5ccc6ccccc6c5)cc4)nc(-c4ccc(-c5cccc6oc7ccccc7c56)cc4)n3)cc2)cc1. The minimum atomic E-state index is 0.620. The van der Waals surface area contributed by atoms with Gasteiger partial charge in [0.25, 0.3) is 0 Å². The molecule has 2 aromatic heterocycles. The summed E-state index contributed by atoms with van der Waals surface area (Å²) >= 11 is 0. The van der Waals surface area contributed by atoms with Crippen LogP contribution >= 0.6 is 0 Å². The fourth-order valence-corrected chi connectivity index (χ4v) is 7.20. The van der Waals surface area contributed by atoms with Crippen LogP contribution in [0.2, 0.25) is 0 Å². The number of rotatable bonds is 6. The number of benzene rings is 8. The molecule has 0 saturated heterocycles. The van der Waals surface area contributed by atoms with Gasteiger partial charge in [-0.05, 0) is 62.4 Å². The molecule has 53 heavy (non-hydrogen) atoms. The highest BCUT2D eigenvalue weighted by Gasteiger charge is 2.15. The molecule has 0 fully saturated rings. The molecular formula is C49H31N3O. The van der Waals surface area contributed by atoms with Crippen molar-refractivity contribution in [3.8, 4) is 67.5 Å². The molecule has 0 bridgehead atoms. The van der Waals surface area contributed by atoms with Crippen LogP contribution in [0.15, 0.2) is 192 Å². The van der Waals surface area contributed by atoms with Crippen molar-refractivity contribution < 1.29 is 4.42 Å². The van der Waals surface area contributed by atoms with Gasteiger partial charge in [0.1, 0.15) is 11.2 Å². The number of hydrogen-bond donors (Lipinski definition) is 0. The van der Waals surface area contributed by atoms with Crippen molar-refractivity contribution in [2.75, 3.05) is 0 Å². The molecule has 0 amide bonds. The van der Waals surface area contributed by atoms with Crippen LogP contribution < -0.4 is 0 Å². The fourth-order valence-electron chi connectivity index (χ4n) is 7.20. The van der Waals surface area contributed by atoms with Crippen LogP contribution in [0.5, 0.6) is 0 Å². The second kappa shape index (κ2) is 12.9. The Balaban J connectivity index is 1.04. The molecule has 0 aliphatic rings. The lowest BCUT2D eigenvalue weighted by atomic mass is 9.98. The third kappa shape index (κ3) is 5.73. The maximum Gasteiger partial charge on any atom is 0.164 e. The molecule has 0 spiro atoms. The smallest absolute Gasteiger partial charge is 0.164 e. The van der Waals surface area contributed by atoms with Crippen LogP contribution in [0.1, 0.15) is 0 Å². The molecule has 0 saturated carbocycles. The summed E-state index contributed by atoms with van der Waals surface area (Å²) in [7, 11) is 0. The van der Waals surface area contributed by atoms with Crippen molar-refractivity contribution in [3.05, 3.63) is 188 Å². The maximum absolute atomic E-state index is 6.17. The predicted octanol–water partition coefficient (Wildman–Crippen LogP) is 12.9.